The molecular formula is C25H36N6O2. The number of nitrogens with zero attached hydrogens (tertiary/aromatic N) is 5. The maximum absolute atomic E-state index is 13.0. The van der Waals surface area contributed by atoms with E-state index in [1.165, 1.54) is 5.56 Å². The molecule has 2 aromatic heterocycles. The quantitative estimate of drug-likeness (QED) is 0.584. The first-order chi connectivity index (χ1) is 15.6. The Kier molecular flexibility index (Phi) is 6.68. The summed E-state index contributed by atoms with van der Waals surface area (Å²) in [5.74, 6) is 1.06. The Bertz CT molecular complexity index is 1150. The Morgan fingerprint density at radius 3 is 2.73 bits per heavy atom. The van der Waals surface area contributed by atoms with Gasteiger partial charge in [-0.15, -0.1) is 5.10 Å². The van der Waals surface area contributed by atoms with Gasteiger partial charge in [-0.3, -0.25) is 9.69 Å². The fraction of sp³-hybridized carbons (Fsp3) is 0.600. The van der Waals surface area contributed by atoms with Crippen LogP contribution in [0, 0.1) is 12.8 Å². The van der Waals surface area contributed by atoms with Crippen LogP contribution in [0.25, 0.3) is 10.9 Å². The van der Waals surface area contributed by atoms with E-state index in [4.69, 9.17) is 4.74 Å². The van der Waals surface area contributed by atoms with Crippen LogP contribution in [0.5, 0.6) is 0 Å². The average Bonchev–Trinajstić information content (AvgIpc) is 3.40. The van der Waals surface area contributed by atoms with Crippen LogP contribution in [0.1, 0.15) is 70.5 Å². The molecule has 1 saturated heterocycles. The van der Waals surface area contributed by atoms with E-state index in [-0.39, 0.29) is 29.2 Å². The standard InChI is InChI=1S/C25H36N6O2/c1-16(2)22(23-27-28-29-31(23)25(4,5)6)30(15-20-8-7-11-33-20)14-19-13-18-12-17(3)9-10-21(18)26-24(19)32/h9-10,12-13,16,20,22H,7-8,11,14-15H2,1-6H3,(H,26,32)/t20-,22-/m1/s1. The highest BCUT2D eigenvalue weighted by Gasteiger charge is 2.34. The summed E-state index contributed by atoms with van der Waals surface area (Å²) in [7, 11) is 0. The van der Waals surface area contributed by atoms with Crippen molar-refractivity contribution in [3.8, 4) is 0 Å². The molecule has 0 aliphatic carbocycles. The number of fused-ring (bicyclic) bond motifs is 1. The maximum atomic E-state index is 13.0. The summed E-state index contributed by atoms with van der Waals surface area (Å²) in [6.45, 7) is 14.8. The van der Waals surface area contributed by atoms with E-state index in [1.807, 2.05) is 22.9 Å². The van der Waals surface area contributed by atoms with Crippen molar-refractivity contribution in [1.29, 1.82) is 0 Å². The molecule has 1 aliphatic rings. The Morgan fingerprint density at radius 1 is 1.27 bits per heavy atom. The van der Waals surface area contributed by atoms with Crippen molar-refractivity contribution in [1.82, 2.24) is 30.1 Å². The topological polar surface area (TPSA) is 88.9 Å². The van der Waals surface area contributed by atoms with Crippen molar-refractivity contribution >= 4 is 10.9 Å². The number of nitrogens with one attached hydrogen (secondary N) is 1. The molecule has 3 heterocycles. The number of rotatable bonds is 7. The molecule has 0 bridgehead atoms. The molecule has 8 nitrogen and oxygen atoms in total. The van der Waals surface area contributed by atoms with Crippen molar-refractivity contribution in [2.45, 2.75) is 78.6 Å². The highest BCUT2D eigenvalue weighted by molar-refractivity contribution is 5.79. The summed E-state index contributed by atoms with van der Waals surface area (Å²) < 4.78 is 7.91. The highest BCUT2D eigenvalue weighted by atomic mass is 16.5. The van der Waals surface area contributed by atoms with Crippen LogP contribution in [0.4, 0.5) is 0 Å². The third kappa shape index (κ3) is 5.17. The number of aromatic nitrogens is 5. The van der Waals surface area contributed by atoms with E-state index in [1.54, 1.807) is 0 Å². The lowest BCUT2D eigenvalue weighted by Gasteiger charge is -2.36. The molecule has 178 valence electrons. The van der Waals surface area contributed by atoms with Gasteiger partial charge in [0.25, 0.3) is 5.56 Å². The molecule has 1 aliphatic heterocycles. The van der Waals surface area contributed by atoms with E-state index in [0.717, 1.165) is 48.3 Å². The largest absolute Gasteiger partial charge is 0.377 e. The molecule has 4 rings (SSSR count). The number of tetrazole rings is 1. The van der Waals surface area contributed by atoms with Crippen molar-refractivity contribution in [3.63, 3.8) is 0 Å². The van der Waals surface area contributed by atoms with Crippen LogP contribution < -0.4 is 5.56 Å². The second-order valence-electron chi connectivity index (χ2n) is 10.6. The van der Waals surface area contributed by atoms with Crippen LogP contribution >= 0.6 is 0 Å². The van der Waals surface area contributed by atoms with Crippen molar-refractivity contribution in [3.05, 3.63) is 51.6 Å². The first-order valence-corrected chi connectivity index (χ1v) is 11.9. The molecule has 1 fully saturated rings. The number of aromatic amines is 1. The zero-order chi connectivity index (χ0) is 23.8. The molecule has 33 heavy (non-hydrogen) atoms. The molecule has 0 radical (unpaired) electrons. The van der Waals surface area contributed by atoms with Gasteiger partial charge in [-0.25, -0.2) is 4.68 Å². The van der Waals surface area contributed by atoms with Crippen LogP contribution in [-0.2, 0) is 16.8 Å². The predicted molar refractivity (Wildman–Crippen MR) is 129 cm³/mol. The van der Waals surface area contributed by atoms with Crippen molar-refractivity contribution < 1.29 is 4.74 Å². The SMILES string of the molecule is Cc1ccc2[nH]c(=O)c(CN(C[C@H]3CCCO3)[C@@H](c3nnnn3C(C)(C)C)C(C)C)cc2c1. The minimum absolute atomic E-state index is 0.0541. The average molecular weight is 453 g/mol. The zero-order valence-corrected chi connectivity index (χ0v) is 20.6. The molecule has 2 atom stereocenters. The smallest absolute Gasteiger partial charge is 0.252 e. The Labute approximate surface area is 195 Å². The highest BCUT2D eigenvalue weighted by Crippen LogP contribution is 2.32. The lowest BCUT2D eigenvalue weighted by atomic mass is 9.98. The van der Waals surface area contributed by atoms with E-state index >= 15 is 0 Å². The Hall–Kier alpha value is -2.58. The van der Waals surface area contributed by atoms with Gasteiger partial charge in [0.05, 0.1) is 17.7 Å². The van der Waals surface area contributed by atoms with E-state index < -0.39 is 0 Å². The lowest BCUT2D eigenvalue weighted by Crippen LogP contribution is -2.41. The second kappa shape index (κ2) is 9.35. The predicted octanol–water partition coefficient (Wildman–Crippen LogP) is 3.96. The van der Waals surface area contributed by atoms with Gasteiger partial charge in [-0.05, 0) is 80.5 Å². The van der Waals surface area contributed by atoms with Gasteiger partial charge < -0.3 is 9.72 Å². The molecule has 0 spiro atoms. The summed E-state index contributed by atoms with van der Waals surface area (Å²) in [6, 6.07) is 8.06. The summed E-state index contributed by atoms with van der Waals surface area (Å²) in [6.07, 6.45) is 2.24. The minimum atomic E-state index is -0.251. The molecule has 0 saturated carbocycles. The van der Waals surface area contributed by atoms with Gasteiger partial charge in [0.15, 0.2) is 5.82 Å². The van der Waals surface area contributed by atoms with Gasteiger partial charge in [0, 0.05) is 30.8 Å². The number of H-pyrrole nitrogens is 1. The Balaban J connectivity index is 1.76. The maximum Gasteiger partial charge on any atom is 0.252 e. The van der Waals surface area contributed by atoms with E-state index in [2.05, 4.69) is 73.0 Å². The van der Waals surface area contributed by atoms with Crippen molar-refractivity contribution in [2.24, 2.45) is 5.92 Å². The summed E-state index contributed by atoms with van der Waals surface area (Å²) in [5.41, 5.74) is 2.46. The minimum Gasteiger partial charge on any atom is -0.377 e. The molecule has 0 amide bonds. The van der Waals surface area contributed by atoms with E-state index in [0.29, 0.717) is 6.54 Å². The van der Waals surface area contributed by atoms with Crippen LogP contribution in [0.2, 0.25) is 0 Å². The summed E-state index contributed by atoms with van der Waals surface area (Å²) >= 11 is 0. The molecule has 3 aromatic rings. The van der Waals surface area contributed by atoms with Gasteiger partial charge in [-0.1, -0.05) is 25.5 Å². The Morgan fingerprint density at radius 2 is 2.06 bits per heavy atom. The van der Waals surface area contributed by atoms with Gasteiger partial charge >= 0.3 is 0 Å². The third-order valence-electron chi connectivity index (χ3n) is 6.33. The number of pyridine rings is 1. The molecular weight excluding hydrogens is 416 g/mol. The van der Waals surface area contributed by atoms with Gasteiger partial charge in [0.1, 0.15) is 0 Å². The number of benzene rings is 1. The lowest BCUT2D eigenvalue weighted by molar-refractivity contribution is 0.0371. The first kappa shape index (κ1) is 23.6. The van der Waals surface area contributed by atoms with Gasteiger partial charge in [0.2, 0.25) is 0 Å². The first-order valence-electron chi connectivity index (χ1n) is 11.9. The van der Waals surface area contributed by atoms with Crippen LogP contribution in [0.15, 0.2) is 29.1 Å². The molecule has 8 heteroatoms. The molecule has 1 N–H and O–H groups in total. The van der Waals surface area contributed by atoms with Crippen LogP contribution in [0.3, 0.4) is 0 Å². The molecule has 0 unspecified atom stereocenters. The summed E-state index contributed by atoms with van der Waals surface area (Å²) in [5, 5.41) is 13.8. The monoisotopic (exact) mass is 452 g/mol. The number of hydrogen-bond donors (Lipinski definition) is 1. The normalized spacial score (nSPS) is 18.0. The fourth-order valence-electron chi connectivity index (χ4n) is 4.77. The molecule has 1 aromatic carbocycles. The summed E-state index contributed by atoms with van der Waals surface area (Å²) in [4.78, 5) is 18.4. The zero-order valence-electron chi connectivity index (χ0n) is 20.6. The number of ether oxygens (including phenoxy) is 1. The van der Waals surface area contributed by atoms with Crippen molar-refractivity contribution in [2.75, 3.05) is 13.2 Å². The fourth-order valence-corrected chi connectivity index (χ4v) is 4.77. The number of aryl methyl sites for hydroxylation is 1. The second-order valence-corrected chi connectivity index (χ2v) is 10.6. The van der Waals surface area contributed by atoms with Crippen LogP contribution in [-0.4, -0.2) is 49.3 Å². The number of hydrogen-bond acceptors (Lipinski definition) is 6. The van der Waals surface area contributed by atoms with Gasteiger partial charge in [-0.2, -0.15) is 0 Å². The third-order valence-corrected chi connectivity index (χ3v) is 6.33. The van der Waals surface area contributed by atoms with E-state index in [9.17, 15) is 4.79 Å².